The van der Waals surface area contributed by atoms with Crippen molar-refractivity contribution in [2.24, 2.45) is 0 Å². The van der Waals surface area contributed by atoms with Crippen molar-refractivity contribution >= 4 is 0 Å². The van der Waals surface area contributed by atoms with Crippen LogP contribution in [0.4, 0.5) is 4.39 Å². The number of hydrogen-bond donors (Lipinski definition) is 1. The summed E-state index contributed by atoms with van der Waals surface area (Å²) in [5.74, 6) is -0.527. The van der Waals surface area contributed by atoms with E-state index in [0.29, 0.717) is 23.4 Å². The standard InChI is InChI=1S/C16H13FN2O2/c1-2-10-7-8-11(9-14(10)17)12-5-3-4-6-13(12)15-18-16(20)21-19-15/h3-9H,2H2,1H3,(H,18,19,20). The molecule has 0 aliphatic rings. The minimum atomic E-state index is -0.618. The maximum atomic E-state index is 14.0. The molecule has 0 saturated heterocycles. The Morgan fingerprint density at radius 2 is 1.95 bits per heavy atom. The molecule has 0 amide bonds. The van der Waals surface area contributed by atoms with E-state index in [2.05, 4.69) is 14.7 Å². The van der Waals surface area contributed by atoms with Crippen molar-refractivity contribution in [3.63, 3.8) is 0 Å². The maximum absolute atomic E-state index is 14.0. The Labute approximate surface area is 120 Å². The van der Waals surface area contributed by atoms with Gasteiger partial charge in [0, 0.05) is 5.56 Å². The van der Waals surface area contributed by atoms with E-state index in [0.717, 1.165) is 11.1 Å². The summed E-state index contributed by atoms with van der Waals surface area (Å²) < 4.78 is 18.5. The predicted octanol–water partition coefficient (Wildman–Crippen LogP) is 3.40. The molecule has 0 fully saturated rings. The molecule has 0 spiro atoms. The second-order valence-electron chi connectivity index (χ2n) is 4.65. The van der Waals surface area contributed by atoms with Gasteiger partial charge < -0.3 is 0 Å². The van der Waals surface area contributed by atoms with Gasteiger partial charge in [0.25, 0.3) is 0 Å². The Hall–Kier alpha value is -2.69. The normalized spacial score (nSPS) is 10.8. The van der Waals surface area contributed by atoms with Crippen molar-refractivity contribution in [1.82, 2.24) is 10.1 Å². The summed E-state index contributed by atoms with van der Waals surface area (Å²) in [6.45, 7) is 1.91. The first-order valence-electron chi connectivity index (χ1n) is 6.63. The van der Waals surface area contributed by atoms with Crippen molar-refractivity contribution in [2.75, 3.05) is 0 Å². The van der Waals surface area contributed by atoms with Crippen LogP contribution in [0.3, 0.4) is 0 Å². The topological polar surface area (TPSA) is 58.9 Å². The number of nitrogens with zero attached hydrogens (tertiary/aromatic N) is 1. The zero-order valence-corrected chi connectivity index (χ0v) is 11.4. The van der Waals surface area contributed by atoms with Crippen molar-refractivity contribution in [3.8, 4) is 22.5 Å². The minimum Gasteiger partial charge on any atom is -0.296 e. The first kappa shape index (κ1) is 13.3. The molecule has 106 valence electrons. The number of H-pyrrole nitrogens is 1. The van der Waals surface area contributed by atoms with Crippen LogP contribution in [0.25, 0.3) is 22.5 Å². The van der Waals surface area contributed by atoms with Crippen LogP contribution in [0.15, 0.2) is 51.8 Å². The molecular formula is C16H13FN2O2. The van der Waals surface area contributed by atoms with E-state index in [-0.39, 0.29) is 5.82 Å². The first-order chi connectivity index (χ1) is 10.2. The van der Waals surface area contributed by atoms with Crippen LogP contribution in [0.1, 0.15) is 12.5 Å². The molecule has 0 aliphatic carbocycles. The molecule has 1 heterocycles. The molecule has 0 unspecified atom stereocenters. The van der Waals surface area contributed by atoms with Crippen molar-refractivity contribution in [1.29, 1.82) is 0 Å². The number of rotatable bonds is 3. The molecule has 5 heteroatoms. The number of benzene rings is 2. The lowest BCUT2D eigenvalue weighted by molar-refractivity contribution is 0.388. The summed E-state index contributed by atoms with van der Waals surface area (Å²) in [5.41, 5.74) is 2.87. The Kier molecular flexibility index (Phi) is 3.39. The van der Waals surface area contributed by atoms with Crippen LogP contribution in [0.5, 0.6) is 0 Å². The summed E-state index contributed by atoms with van der Waals surface area (Å²) in [5, 5.41) is 3.69. The zero-order valence-electron chi connectivity index (χ0n) is 11.4. The van der Waals surface area contributed by atoms with E-state index >= 15 is 0 Å². The Morgan fingerprint density at radius 1 is 1.19 bits per heavy atom. The highest BCUT2D eigenvalue weighted by molar-refractivity contribution is 5.80. The molecule has 3 rings (SSSR count). The lowest BCUT2D eigenvalue weighted by Crippen LogP contribution is -1.96. The number of aryl methyl sites for hydroxylation is 1. The van der Waals surface area contributed by atoms with E-state index in [1.54, 1.807) is 12.1 Å². The van der Waals surface area contributed by atoms with Gasteiger partial charge in [0.15, 0.2) is 5.82 Å². The summed E-state index contributed by atoms with van der Waals surface area (Å²) >= 11 is 0. The van der Waals surface area contributed by atoms with Crippen LogP contribution >= 0.6 is 0 Å². The van der Waals surface area contributed by atoms with Gasteiger partial charge >= 0.3 is 5.76 Å². The molecule has 0 radical (unpaired) electrons. The maximum Gasteiger partial charge on any atom is 0.439 e. The molecule has 0 atom stereocenters. The van der Waals surface area contributed by atoms with Gasteiger partial charge in [-0.15, -0.1) is 0 Å². The molecule has 3 aromatic rings. The second-order valence-corrected chi connectivity index (χ2v) is 4.65. The fourth-order valence-electron chi connectivity index (χ4n) is 2.29. The third-order valence-electron chi connectivity index (χ3n) is 3.37. The molecule has 2 aromatic carbocycles. The van der Waals surface area contributed by atoms with Crippen LogP contribution in [-0.2, 0) is 6.42 Å². The lowest BCUT2D eigenvalue weighted by atomic mass is 9.97. The van der Waals surface area contributed by atoms with Gasteiger partial charge in [0.2, 0.25) is 0 Å². The fraction of sp³-hybridized carbons (Fsp3) is 0.125. The average Bonchev–Trinajstić information content (AvgIpc) is 2.93. The number of aromatic nitrogens is 2. The van der Waals surface area contributed by atoms with Gasteiger partial charge in [-0.25, -0.2) is 9.18 Å². The van der Waals surface area contributed by atoms with Crippen molar-refractivity contribution in [3.05, 3.63) is 64.4 Å². The SMILES string of the molecule is CCc1ccc(-c2ccccc2-c2noc(=O)[nH]2)cc1F. The third kappa shape index (κ3) is 2.50. The summed E-state index contributed by atoms with van der Waals surface area (Å²) in [4.78, 5) is 13.6. The Balaban J connectivity index is 2.15. The molecule has 0 bridgehead atoms. The quantitative estimate of drug-likeness (QED) is 0.802. The van der Waals surface area contributed by atoms with E-state index in [1.165, 1.54) is 6.07 Å². The summed E-state index contributed by atoms with van der Waals surface area (Å²) in [7, 11) is 0. The number of halogens is 1. The Bertz CT molecular complexity index is 836. The minimum absolute atomic E-state index is 0.238. The highest BCUT2D eigenvalue weighted by atomic mass is 19.1. The van der Waals surface area contributed by atoms with Gasteiger partial charge in [0.1, 0.15) is 5.82 Å². The highest BCUT2D eigenvalue weighted by Crippen LogP contribution is 2.30. The van der Waals surface area contributed by atoms with Gasteiger partial charge in [-0.2, -0.15) is 0 Å². The molecule has 4 nitrogen and oxygen atoms in total. The van der Waals surface area contributed by atoms with E-state index in [4.69, 9.17) is 0 Å². The Morgan fingerprint density at radius 3 is 2.57 bits per heavy atom. The van der Waals surface area contributed by atoms with Crippen LogP contribution < -0.4 is 5.76 Å². The largest absolute Gasteiger partial charge is 0.439 e. The molecular weight excluding hydrogens is 271 g/mol. The number of nitrogens with one attached hydrogen (secondary N) is 1. The lowest BCUT2D eigenvalue weighted by Gasteiger charge is -2.08. The van der Waals surface area contributed by atoms with Gasteiger partial charge in [-0.3, -0.25) is 9.51 Å². The molecule has 21 heavy (non-hydrogen) atoms. The zero-order chi connectivity index (χ0) is 14.8. The smallest absolute Gasteiger partial charge is 0.296 e. The molecule has 0 aliphatic heterocycles. The first-order valence-corrected chi connectivity index (χ1v) is 6.63. The van der Waals surface area contributed by atoms with Crippen LogP contribution in [0, 0.1) is 5.82 Å². The molecule has 0 saturated carbocycles. The van der Waals surface area contributed by atoms with Gasteiger partial charge in [-0.05, 0) is 29.2 Å². The van der Waals surface area contributed by atoms with E-state index in [9.17, 15) is 9.18 Å². The molecule has 1 aromatic heterocycles. The summed E-state index contributed by atoms with van der Waals surface area (Å²) in [6.07, 6.45) is 0.643. The summed E-state index contributed by atoms with van der Waals surface area (Å²) in [6, 6.07) is 12.4. The monoisotopic (exact) mass is 284 g/mol. The van der Waals surface area contributed by atoms with Gasteiger partial charge in [-0.1, -0.05) is 48.5 Å². The predicted molar refractivity (Wildman–Crippen MR) is 77.3 cm³/mol. The van der Waals surface area contributed by atoms with Crippen LogP contribution in [-0.4, -0.2) is 10.1 Å². The third-order valence-corrected chi connectivity index (χ3v) is 3.37. The van der Waals surface area contributed by atoms with E-state index in [1.807, 2.05) is 31.2 Å². The van der Waals surface area contributed by atoms with Crippen LogP contribution in [0.2, 0.25) is 0 Å². The second kappa shape index (κ2) is 5.36. The van der Waals surface area contributed by atoms with E-state index < -0.39 is 5.76 Å². The highest BCUT2D eigenvalue weighted by Gasteiger charge is 2.12. The number of hydrogen-bond acceptors (Lipinski definition) is 3. The number of aromatic amines is 1. The van der Waals surface area contributed by atoms with Crippen molar-refractivity contribution < 1.29 is 8.91 Å². The fourth-order valence-corrected chi connectivity index (χ4v) is 2.29. The molecule has 1 N–H and O–H groups in total. The average molecular weight is 284 g/mol. The van der Waals surface area contributed by atoms with Gasteiger partial charge in [0.05, 0.1) is 0 Å². The van der Waals surface area contributed by atoms with Crippen molar-refractivity contribution in [2.45, 2.75) is 13.3 Å².